The van der Waals surface area contributed by atoms with Crippen LogP contribution in [-0.2, 0) is 0 Å². The maximum Gasteiger partial charge on any atom is 0.152 e. The van der Waals surface area contributed by atoms with Gasteiger partial charge in [0.05, 0.1) is 0 Å². The van der Waals surface area contributed by atoms with Crippen LogP contribution in [0.2, 0.25) is 0 Å². The largest absolute Gasteiger partial charge is 0.233 e. The van der Waals surface area contributed by atoms with Crippen molar-refractivity contribution >= 4 is 22.5 Å². The monoisotopic (exact) mass is 229 g/mol. The van der Waals surface area contributed by atoms with Crippen molar-refractivity contribution in [3.05, 3.63) is 41.5 Å². The molecule has 15 heavy (non-hydrogen) atoms. The summed E-state index contributed by atoms with van der Waals surface area (Å²) in [6.07, 6.45) is 0. The van der Waals surface area contributed by atoms with Crippen molar-refractivity contribution in [2.75, 3.05) is 0 Å². The molecule has 0 unspecified atom stereocenters. The molecule has 1 aromatic rings. The molecular formula is C11H10ClF2N. The zero-order valence-electron chi connectivity index (χ0n) is 8.44. The molecule has 0 saturated carbocycles. The van der Waals surface area contributed by atoms with E-state index in [2.05, 4.69) is 11.6 Å². The molecule has 1 aromatic carbocycles. The molecule has 1 nitrogen and oxygen atoms in total. The van der Waals surface area contributed by atoms with E-state index in [9.17, 15) is 8.78 Å². The fraction of sp³-hybridized carbons (Fsp3) is 0.182. The van der Waals surface area contributed by atoms with Crippen molar-refractivity contribution in [3.63, 3.8) is 0 Å². The Bertz CT molecular complexity index is 415. The van der Waals surface area contributed by atoms with E-state index in [-0.39, 0.29) is 10.9 Å². The Morgan fingerprint density at radius 1 is 1.40 bits per heavy atom. The smallest absolute Gasteiger partial charge is 0.152 e. The minimum atomic E-state index is -0.730. The van der Waals surface area contributed by atoms with Gasteiger partial charge in [-0.25, -0.2) is 13.8 Å². The van der Waals surface area contributed by atoms with Crippen molar-refractivity contribution in [1.29, 1.82) is 0 Å². The van der Waals surface area contributed by atoms with Crippen LogP contribution in [0.4, 0.5) is 14.5 Å². The van der Waals surface area contributed by atoms with Crippen LogP contribution in [0, 0.1) is 18.6 Å². The third kappa shape index (κ3) is 2.86. The lowest BCUT2D eigenvalue weighted by atomic mass is 10.2. The molecule has 0 atom stereocenters. The summed E-state index contributed by atoms with van der Waals surface area (Å²) >= 11 is 5.72. The second-order valence-corrected chi connectivity index (χ2v) is 3.59. The van der Waals surface area contributed by atoms with Gasteiger partial charge in [0.1, 0.15) is 16.7 Å². The van der Waals surface area contributed by atoms with E-state index in [1.165, 1.54) is 6.07 Å². The van der Waals surface area contributed by atoms with Gasteiger partial charge >= 0.3 is 0 Å². The lowest BCUT2D eigenvalue weighted by Gasteiger charge is -2.03. The highest BCUT2D eigenvalue weighted by Gasteiger charge is 2.08. The van der Waals surface area contributed by atoms with Crippen LogP contribution in [-0.4, -0.2) is 5.17 Å². The number of nitrogens with zero attached hydrogens (tertiary/aromatic N) is 1. The summed E-state index contributed by atoms with van der Waals surface area (Å²) in [4.78, 5) is 3.84. The molecule has 0 radical (unpaired) electrons. The number of aryl methyl sites for hydroxylation is 1. The quantitative estimate of drug-likeness (QED) is 0.677. The molecule has 0 spiro atoms. The number of halogens is 3. The van der Waals surface area contributed by atoms with Crippen LogP contribution >= 0.6 is 11.6 Å². The molecule has 0 aromatic heterocycles. The van der Waals surface area contributed by atoms with Crippen LogP contribution < -0.4 is 0 Å². The van der Waals surface area contributed by atoms with Gasteiger partial charge in [0.15, 0.2) is 5.82 Å². The minimum absolute atomic E-state index is 0.0457. The van der Waals surface area contributed by atoms with E-state index in [0.29, 0.717) is 11.1 Å². The van der Waals surface area contributed by atoms with E-state index in [1.807, 2.05) is 0 Å². The fourth-order valence-electron chi connectivity index (χ4n) is 1.03. The maximum atomic E-state index is 13.3. The number of hydrogen-bond acceptors (Lipinski definition) is 1. The van der Waals surface area contributed by atoms with Crippen molar-refractivity contribution in [2.24, 2.45) is 4.99 Å². The van der Waals surface area contributed by atoms with Gasteiger partial charge < -0.3 is 0 Å². The Hall–Kier alpha value is -1.22. The van der Waals surface area contributed by atoms with Gasteiger partial charge in [-0.3, -0.25) is 0 Å². The molecule has 0 fully saturated rings. The second-order valence-electron chi connectivity index (χ2n) is 3.24. The van der Waals surface area contributed by atoms with Gasteiger partial charge in [-0.2, -0.15) is 0 Å². The average Bonchev–Trinajstić information content (AvgIpc) is 2.10. The van der Waals surface area contributed by atoms with Gasteiger partial charge in [-0.05, 0) is 31.1 Å². The van der Waals surface area contributed by atoms with Crippen LogP contribution in [0.1, 0.15) is 12.5 Å². The zero-order valence-corrected chi connectivity index (χ0v) is 9.20. The van der Waals surface area contributed by atoms with E-state index in [0.717, 1.165) is 6.07 Å². The Labute approximate surface area is 92.1 Å². The van der Waals surface area contributed by atoms with E-state index in [1.54, 1.807) is 13.8 Å². The fourth-order valence-corrected chi connectivity index (χ4v) is 1.11. The molecule has 0 heterocycles. The molecule has 0 amide bonds. The standard InChI is InChI=1S/C11H10ClF2N/c1-6(2)11(12)15-10-7(3)4-8(13)5-9(10)14/h4-5H,1H2,2-3H3. The summed E-state index contributed by atoms with van der Waals surface area (Å²) in [6, 6.07) is 1.97. The average molecular weight is 230 g/mol. The SMILES string of the molecule is C=C(C)C(Cl)=Nc1c(C)cc(F)cc1F. The molecule has 4 heteroatoms. The molecule has 0 N–H and O–H groups in total. The van der Waals surface area contributed by atoms with Crippen molar-refractivity contribution < 1.29 is 8.78 Å². The van der Waals surface area contributed by atoms with Crippen LogP contribution in [0.3, 0.4) is 0 Å². The normalized spacial score (nSPS) is 11.7. The molecule has 0 bridgehead atoms. The lowest BCUT2D eigenvalue weighted by molar-refractivity contribution is 0.583. The molecule has 0 aliphatic carbocycles. The number of rotatable bonds is 2. The van der Waals surface area contributed by atoms with Gasteiger partial charge in [-0.15, -0.1) is 0 Å². The van der Waals surface area contributed by atoms with E-state index < -0.39 is 11.6 Å². The molecular weight excluding hydrogens is 220 g/mol. The zero-order chi connectivity index (χ0) is 11.6. The molecule has 80 valence electrons. The van der Waals surface area contributed by atoms with Crippen LogP contribution in [0.15, 0.2) is 29.3 Å². The lowest BCUT2D eigenvalue weighted by Crippen LogP contribution is -1.90. The Kier molecular flexibility index (Phi) is 3.58. The van der Waals surface area contributed by atoms with Crippen molar-refractivity contribution in [2.45, 2.75) is 13.8 Å². The third-order valence-electron chi connectivity index (χ3n) is 1.78. The number of allylic oxidation sites excluding steroid dienone is 1. The summed E-state index contributed by atoms with van der Waals surface area (Å²) in [5, 5.41) is 0.114. The van der Waals surface area contributed by atoms with Gasteiger partial charge in [-0.1, -0.05) is 18.2 Å². The summed E-state index contributed by atoms with van der Waals surface area (Å²) in [7, 11) is 0. The highest BCUT2D eigenvalue weighted by molar-refractivity contribution is 6.69. The highest BCUT2D eigenvalue weighted by atomic mass is 35.5. The van der Waals surface area contributed by atoms with Crippen LogP contribution in [0.5, 0.6) is 0 Å². The molecule has 0 aliphatic heterocycles. The first-order valence-electron chi connectivity index (χ1n) is 4.27. The summed E-state index contributed by atoms with van der Waals surface area (Å²) in [5.41, 5.74) is 0.969. The number of benzene rings is 1. The molecule has 1 rings (SSSR count). The summed E-state index contributed by atoms with van der Waals surface area (Å²) < 4.78 is 26.1. The predicted molar refractivity (Wildman–Crippen MR) is 58.9 cm³/mol. The molecule has 0 saturated heterocycles. The van der Waals surface area contributed by atoms with E-state index >= 15 is 0 Å². The first-order valence-corrected chi connectivity index (χ1v) is 4.65. The number of hydrogen-bond donors (Lipinski definition) is 0. The second kappa shape index (κ2) is 4.53. The Morgan fingerprint density at radius 2 is 2.00 bits per heavy atom. The summed E-state index contributed by atoms with van der Waals surface area (Å²) in [5.74, 6) is -1.36. The van der Waals surface area contributed by atoms with Crippen molar-refractivity contribution in [3.8, 4) is 0 Å². The first-order chi connectivity index (χ1) is 6.91. The Morgan fingerprint density at radius 3 is 2.47 bits per heavy atom. The van der Waals surface area contributed by atoms with Gasteiger partial charge in [0.25, 0.3) is 0 Å². The van der Waals surface area contributed by atoms with E-state index in [4.69, 9.17) is 11.6 Å². The predicted octanol–water partition coefficient (Wildman–Crippen LogP) is 4.12. The van der Waals surface area contributed by atoms with Crippen LogP contribution in [0.25, 0.3) is 0 Å². The topological polar surface area (TPSA) is 12.4 Å². The summed E-state index contributed by atoms with van der Waals surface area (Å²) in [6.45, 7) is 6.79. The van der Waals surface area contributed by atoms with Crippen molar-refractivity contribution in [1.82, 2.24) is 0 Å². The number of aliphatic imine (C=N–C) groups is 1. The van der Waals surface area contributed by atoms with Gasteiger partial charge in [0, 0.05) is 6.07 Å². The molecule has 0 aliphatic rings. The van der Waals surface area contributed by atoms with Gasteiger partial charge in [0.2, 0.25) is 0 Å². The highest BCUT2D eigenvalue weighted by Crippen LogP contribution is 2.25. The minimum Gasteiger partial charge on any atom is -0.233 e. The maximum absolute atomic E-state index is 13.3. The third-order valence-corrected chi connectivity index (χ3v) is 2.19. The first kappa shape index (κ1) is 11.9. The Balaban J connectivity index is 3.27.